The van der Waals surface area contributed by atoms with Gasteiger partial charge in [0.05, 0.1) is 5.69 Å². The van der Waals surface area contributed by atoms with Gasteiger partial charge in [0.1, 0.15) is 42.1 Å². The van der Waals surface area contributed by atoms with Crippen LogP contribution in [0.5, 0.6) is 17.2 Å². The molecular formula is C26H25NO5S. The molecule has 0 saturated heterocycles. The molecular weight excluding hydrogens is 438 g/mol. The lowest BCUT2D eigenvalue weighted by molar-refractivity contribution is -0.0684. The van der Waals surface area contributed by atoms with E-state index in [-0.39, 0.29) is 13.2 Å². The van der Waals surface area contributed by atoms with Gasteiger partial charge in [-0.25, -0.2) is 4.98 Å². The van der Waals surface area contributed by atoms with Gasteiger partial charge in [-0.2, -0.15) is 0 Å². The standard InChI is InChI=1S/C26H25NO5S/c1-18-7-5-10-20(25(18)32-16-24(28)29)14-30-22-11-6-12-23(13-22)31-15-21-17-33-26(27-21)19-8-3-2-4-9-19/h2-13,17,24,28-29H,14-16H2,1H3. The minimum absolute atomic E-state index is 0.205. The number of thiazole rings is 1. The van der Waals surface area contributed by atoms with Crippen LogP contribution >= 0.6 is 11.3 Å². The SMILES string of the molecule is Cc1cccc(COc2cccc(OCc3csc(-c4ccccc4)n3)c2)c1OCC(O)O. The zero-order valence-electron chi connectivity index (χ0n) is 18.2. The third kappa shape index (κ3) is 6.32. The number of aromatic nitrogens is 1. The zero-order valence-corrected chi connectivity index (χ0v) is 19.0. The van der Waals surface area contributed by atoms with Crippen molar-refractivity contribution in [2.45, 2.75) is 26.4 Å². The first kappa shape index (κ1) is 22.8. The van der Waals surface area contributed by atoms with Crippen molar-refractivity contribution in [1.82, 2.24) is 4.98 Å². The van der Waals surface area contributed by atoms with Crippen LogP contribution in [0, 0.1) is 6.92 Å². The van der Waals surface area contributed by atoms with Gasteiger partial charge in [0.2, 0.25) is 0 Å². The van der Waals surface area contributed by atoms with Gasteiger partial charge in [-0.1, -0.05) is 54.6 Å². The van der Waals surface area contributed by atoms with Gasteiger partial charge in [-0.3, -0.25) is 0 Å². The van der Waals surface area contributed by atoms with Crippen molar-refractivity contribution in [3.05, 3.63) is 95.0 Å². The maximum atomic E-state index is 9.11. The van der Waals surface area contributed by atoms with Crippen LogP contribution in [0.2, 0.25) is 0 Å². The molecule has 0 fully saturated rings. The second kappa shape index (κ2) is 11.0. The summed E-state index contributed by atoms with van der Waals surface area (Å²) < 4.78 is 17.4. The summed E-state index contributed by atoms with van der Waals surface area (Å²) in [5.41, 5.74) is 3.68. The number of aliphatic hydroxyl groups excluding tert-OH is 1. The number of para-hydroxylation sites is 1. The van der Waals surface area contributed by atoms with Gasteiger partial charge >= 0.3 is 0 Å². The Morgan fingerprint density at radius 1 is 0.848 bits per heavy atom. The topological polar surface area (TPSA) is 81.0 Å². The highest BCUT2D eigenvalue weighted by Gasteiger charge is 2.10. The number of rotatable bonds is 10. The predicted molar refractivity (Wildman–Crippen MR) is 128 cm³/mol. The number of benzene rings is 3. The number of aliphatic hydroxyl groups is 2. The first-order valence-corrected chi connectivity index (χ1v) is 11.4. The minimum Gasteiger partial charge on any atom is -0.489 e. The minimum atomic E-state index is -1.53. The van der Waals surface area contributed by atoms with Crippen molar-refractivity contribution in [2.75, 3.05) is 6.61 Å². The van der Waals surface area contributed by atoms with Crippen molar-refractivity contribution >= 4 is 11.3 Å². The second-order valence-corrected chi connectivity index (χ2v) is 8.28. The third-order valence-electron chi connectivity index (χ3n) is 4.83. The van der Waals surface area contributed by atoms with E-state index in [9.17, 15) is 0 Å². The molecule has 0 bridgehead atoms. The predicted octanol–water partition coefficient (Wildman–Crippen LogP) is 4.97. The molecule has 0 atom stereocenters. The molecule has 170 valence electrons. The molecule has 0 unspecified atom stereocenters. The lowest BCUT2D eigenvalue weighted by Gasteiger charge is -2.15. The first-order chi connectivity index (χ1) is 16.1. The molecule has 4 aromatic rings. The van der Waals surface area contributed by atoms with Crippen molar-refractivity contribution in [3.63, 3.8) is 0 Å². The highest BCUT2D eigenvalue weighted by molar-refractivity contribution is 7.13. The number of aryl methyl sites for hydroxylation is 1. The van der Waals surface area contributed by atoms with E-state index in [4.69, 9.17) is 24.4 Å². The fraction of sp³-hybridized carbons (Fsp3) is 0.192. The molecule has 0 saturated carbocycles. The van der Waals surface area contributed by atoms with Crippen LogP contribution in [-0.4, -0.2) is 28.1 Å². The maximum absolute atomic E-state index is 9.11. The Balaban J connectivity index is 1.36. The van der Waals surface area contributed by atoms with E-state index < -0.39 is 6.29 Å². The Morgan fingerprint density at radius 2 is 1.58 bits per heavy atom. The molecule has 1 aromatic heterocycles. The van der Waals surface area contributed by atoms with Crippen LogP contribution in [0.25, 0.3) is 10.6 Å². The second-order valence-electron chi connectivity index (χ2n) is 7.42. The van der Waals surface area contributed by atoms with Gasteiger partial charge in [-0.15, -0.1) is 11.3 Å². The largest absolute Gasteiger partial charge is 0.489 e. The molecule has 0 aliphatic heterocycles. The van der Waals surface area contributed by atoms with Gasteiger partial charge in [-0.05, 0) is 24.6 Å². The fourth-order valence-electron chi connectivity index (χ4n) is 3.25. The Kier molecular flexibility index (Phi) is 7.57. The van der Waals surface area contributed by atoms with E-state index in [0.717, 1.165) is 27.4 Å². The van der Waals surface area contributed by atoms with E-state index in [0.29, 0.717) is 23.9 Å². The summed E-state index contributed by atoms with van der Waals surface area (Å²) >= 11 is 1.60. The lowest BCUT2D eigenvalue weighted by atomic mass is 10.1. The lowest BCUT2D eigenvalue weighted by Crippen LogP contribution is -2.17. The number of hydrogen-bond donors (Lipinski definition) is 2. The van der Waals surface area contributed by atoms with Gasteiger partial charge in [0.25, 0.3) is 0 Å². The van der Waals surface area contributed by atoms with E-state index in [1.165, 1.54) is 0 Å². The third-order valence-corrected chi connectivity index (χ3v) is 5.77. The van der Waals surface area contributed by atoms with Gasteiger partial charge < -0.3 is 24.4 Å². The summed E-state index contributed by atoms with van der Waals surface area (Å²) in [6.45, 7) is 2.34. The smallest absolute Gasteiger partial charge is 0.186 e. The van der Waals surface area contributed by atoms with Crippen molar-refractivity contribution < 1.29 is 24.4 Å². The summed E-state index contributed by atoms with van der Waals surface area (Å²) in [5.74, 6) is 1.94. The molecule has 0 radical (unpaired) electrons. The molecule has 1 heterocycles. The molecule has 2 N–H and O–H groups in total. The summed E-state index contributed by atoms with van der Waals surface area (Å²) in [6.07, 6.45) is -1.53. The van der Waals surface area contributed by atoms with Crippen LogP contribution in [0.1, 0.15) is 16.8 Å². The fourth-order valence-corrected chi connectivity index (χ4v) is 4.06. The van der Waals surface area contributed by atoms with E-state index in [2.05, 4.69) is 4.98 Å². The molecule has 7 heteroatoms. The van der Waals surface area contributed by atoms with Crippen LogP contribution in [0.4, 0.5) is 0 Å². The van der Waals surface area contributed by atoms with E-state index >= 15 is 0 Å². The Labute approximate surface area is 196 Å². The van der Waals surface area contributed by atoms with E-state index in [1.54, 1.807) is 11.3 Å². The summed E-state index contributed by atoms with van der Waals surface area (Å²) in [7, 11) is 0. The number of hydrogen-bond acceptors (Lipinski definition) is 7. The summed E-state index contributed by atoms with van der Waals surface area (Å²) in [5, 5.41) is 21.2. The molecule has 0 spiro atoms. The monoisotopic (exact) mass is 463 g/mol. The van der Waals surface area contributed by atoms with Crippen LogP contribution in [-0.2, 0) is 13.2 Å². The van der Waals surface area contributed by atoms with E-state index in [1.807, 2.05) is 85.1 Å². The average molecular weight is 464 g/mol. The number of ether oxygens (including phenoxy) is 3. The van der Waals surface area contributed by atoms with Gasteiger partial charge in [0, 0.05) is 22.6 Å². The summed E-state index contributed by atoms with van der Waals surface area (Å²) in [4.78, 5) is 4.65. The highest BCUT2D eigenvalue weighted by Crippen LogP contribution is 2.27. The van der Waals surface area contributed by atoms with Crippen molar-refractivity contribution in [2.24, 2.45) is 0 Å². The van der Waals surface area contributed by atoms with Crippen LogP contribution in [0.3, 0.4) is 0 Å². The molecule has 0 aliphatic rings. The average Bonchev–Trinajstić information content (AvgIpc) is 3.31. The normalized spacial score (nSPS) is 10.9. The maximum Gasteiger partial charge on any atom is 0.186 e. The van der Waals surface area contributed by atoms with Gasteiger partial charge in [0.15, 0.2) is 6.29 Å². The first-order valence-electron chi connectivity index (χ1n) is 10.5. The van der Waals surface area contributed by atoms with Crippen molar-refractivity contribution in [3.8, 4) is 27.8 Å². The van der Waals surface area contributed by atoms with Crippen LogP contribution in [0.15, 0.2) is 78.2 Å². The zero-order chi connectivity index (χ0) is 23.0. The highest BCUT2D eigenvalue weighted by atomic mass is 32.1. The van der Waals surface area contributed by atoms with Crippen molar-refractivity contribution in [1.29, 1.82) is 0 Å². The Bertz CT molecular complexity index is 1180. The molecule has 0 amide bonds. The quantitative estimate of drug-likeness (QED) is 0.323. The molecule has 33 heavy (non-hydrogen) atoms. The molecule has 6 nitrogen and oxygen atoms in total. The molecule has 0 aliphatic carbocycles. The molecule has 3 aromatic carbocycles. The Morgan fingerprint density at radius 3 is 2.33 bits per heavy atom. The Hall–Kier alpha value is -3.39. The van der Waals surface area contributed by atoms with Crippen LogP contribution < -0.4 is 14.2 Å². The molecule has 4 rings (SSSR count). The number of nitrogens with zero attached hydrogens (tertiary/aromatic N) is 1. The summed E-state index contributed by atoms with van der Waals surface area (Å²) in [6, 6.07) is 23.2.